The first-order chi connectivity index (χ1) is 13.7. The molecule has 0 saturated carbocycles. The van der Waals surface area contributed by atoms with E-state index in [9.17, 15) is 34.8 Å². The topological polar surface area (TPSA) is 54.7 Å². The Bertz CT molecular complexity index is 1110. The maximum atomic E-state index is 13.9. The zero-order valence-corrected chi connectivity index (χ0v) is 16.6. The molecule has 3 rings (SSSR count). The number of rotatable bonds is 4. The van der Waals surface area contributed by atoms with E-state index in [0.717, 1.165) is 25.4 Å². The van der Waals surface area contributed by atoms with Gasteiger partial charge in [0.25, 0.3) is 0 Å². The fraction of sp³-hybridized carbons (Fsp3) is 0.389. The molecular formula is C18H17F6N3O2S. The summed E-state index contributed by atoms with van der Waals surface area (Å²) in [5.74, 6) is -1.16. The lowest BCUT2D eigenvalue weighted by Gasteiger charge is -2.35. The molecule has 0 saturated heterocycles. The third kappa shape index (κ3) is 4.10. The summed E-state index contributed by atoms with van der Waals surface area (Å²) < 4.78 is 108. The molecule has 0 N–H and O–H groups in total. The number of imidazole rings is 1. The van der Waals surface area contributed by atoms with Crippen molar-refractivity contribution in [3.63, 3.8) is 0 Å². The van der Waals surface area contributed by atoms with Crippen molar-refractivity contribution >= 4 is 15.7 Å². The number of hydrogen-bond donors (Lipinski definition) is 0. The van der Waals surface area contributed by atoms with Gasteiger partial charge in [0.2, 0.25) is 10.0 Å². The van der Waals surface area contributed by atoms with Crippen LogP contribution in [0.15, 0.2) is 58.9 Å². The Kier molecular flexibility index (Phi) is 5.52. The normalized spacial score (nSPS) is 19.7. The van der Waals surface area contributed by atoms with Gasteiger partial charge in [0, 0.05) is 31.2 Å². The van der Waals surface area contributed by atoms with Gasteiger partial charge in [-0.25, -0.2) is 13.4 Å². The maximum absolute atomic E-state index is 13.9. The summed E-state index contributed by atoms with van der Waals surface area (Å²) in [6.07, 6.45) is -5.12. The van der Waals surface area contributed by atoms with E-state index in [4.69, 9.17) is 0 Å². The van der Waals surface area contributed by atoms with Crippen molar-refractivity contribution in [2.24, 2.45) is 5.92 Å². The van der Waals surface area contributed by atoms with Gasteiger partial charge in [0.1, 0.15) is 11.7 Å². The number of nitrogens with zero attached hydrogens (tertiary/aromatic N) is 3. The molecule has 0 aliphatic heterocycles. The lowest BCUT2D eigenvalue weighted by Crippen LogP contribution is -2.49. The molecule has 5 nitrogen and oxygen atoms in total. The summed E-state index contributed by atoms with van der Waals surface area (Å²) >= 11 is 0. The van der Waals surface area contributed by atoms with Crippen LogP contribution in [-0.4, -0.2) is 47.5 Å². The second-order valence-corrected chi connectivity index (χ2v) is 8.98. The van der Waals surface area contributed by atoms with Crippen LogP contribution in [0.4, 0.5) is 26.3 Å². The van der Waals surface area contributed by atoms with Gasteiger partial charge in [-0.1, -0.05) is 19.1 Å². The summed E-state index contributed by atoms with van der Waals surface area (Å²) in [6.45, 7) is 1.21. The van der Waals surface area contributed by atoms with Gasteiger partial charge < -0.3 is 4.40 Å². The minimum absolute atomic E-state index is 0.153. The van der Waals surface area contributed by atoms with Crippen LogP contribution in [0.3, 0.4) is 0 Å². The standard InChI is InChI=1S/C18H17F6N3O2S/c1-11-9-12(17(19,20)21)3-5-14(11)16(18(22,23)24)26(2)30(28,29)13-4-6-15-25-7-8-27(15)10-13/h3-8,10-11,16H,9H2,1-2H3/t11?,16-/m1/s1. The van der Waals surface area contributed by atoms with E-state index in [0.29, 0.717) is 11.7 Å². The Morgan fingerprint density at radius 2 is 1.83 bits per heavy atom. The van der Waals surface area contributed by atoms with E-state index in [2.05, 4.69) is 4.98 Å². The number of hydrogen-bond acceptors (Lipinski definition) is 3. The highest BCUT2D eigenvalue weighted by Crippen LogP contribution is 2.42. The molecule has 0 spiro atoms. The number of allylic oxidation sites excluding steroid dienone is 3. The van der Waals surface area contributed by atoms with Crippen LogP contribution in [0.2, 0.25) is 0 Å². The average molecular weight is 453 g/mol. The van der Waals surface area contributed by atoms with E-state index in [1.807, 2.05) is 0 Å². The number of sulfonamides is 1. The van der Waals surface area contributed by atoms with Crippen molar-refractivity contribution in [1.82, 2.24) is 13.7 Å². The minimum Gasteiger partial charge on any atom is -0.306 e. The monoisotopic (exact) mass is 453 g/mol. The zero-order chi connectivity index (χ0) is 22.5. The first-order valence-corrected chi connectivity index (χ1v) is 10.1. The van der Waals surface area contributed by atoms with Crippen molar-refractivity contribution in [2.75, 3.05) is 7.05 Å². The molecule has 0 radical (unpaired) electrons. The lowest BCUT2D eigenvalue weighted by atomic mass is 9.84. The molecule has 2 aromatic heterocycles. The highest BCUT2D eigenvalue weighted by Gasteiger charge is 2.50. The van der Waals surface area contributed by atoms with Crippen molar-refractivity contribution in [3.05, 3.63) is 54.0 Å². The Balaban J connectivity index is 2.05. The highest BCUT2D eigenvalue weighted by atomic mass is 32.2. The molecule has 1 aliphatic rings. The molecule has 164 valence electrons. The van der Waals surface area contributed by atoms with E-state index in [1.54, 1.807) is 0 Å². The predicted octanol–water partition coefficient (Wildman–Crippen LogP) is 4.34. The van der Waals surface area contributed by atoms with Crippen molar-refractivity contribution in [1.29, 1.82) is 0 Å². The highest BCUT2D eigenvalue weighted by molar-refractivity contribution is 7.89. The summed E-state index contributed by atoms with van der Waals surface area (Å²) in [7, 11) is -3.86. The first kappa shape index (κ1) is 22.3. The van der Waals surface area contributed by atoms with Crippen molar-refractivity contribution in [2.45, 2.75) is 36.6 Å². The van der Waals surface area contributed by atoms with Crippen LogP contribution in [-0.2, 0) is 10.0 Å². The molecule has 1 aliphatic carbocycles. The van der Waals surface area contributed by atoms with Gasteiger partial charge in [-0.05, 0) is 30.0 Å². The van der Waals surface area contributed by atoms with Crippen LogP contribution in [0.1, 0.15) is 13.3 Å². The van der Waals surface area contributed by atoms with Crippen LogP contribution < -0.4 is 0 Å². The SMILES string of the molecule is CC1CC(C(F)(F)F)=CC=C1[C@@H](N(C)S(=O)(=O)c1ccc2nccn2c1)C(F)(F)F. The molecule has 0 fully saturated rings. The number of alkyl halides is 6. The van der Waals surface area contributed by atoms with E-state index >= 15 is 0 Å². The van der Waals surface area contributed by atoms with Crippen LogP contribution >= 0.6 is 0 Å². The van der Waals surface area contributed by atoms with Crippen molar-refractivity contribution < 1.29 is 34.8 Å². The summed E-state index contributed by atoms with van der Waals surface area (Å²) in [5, 5.41) is 0. The smallest absolute Gasteiger partial charge is 0.306 e. The molecule has 0 bridgehead atoms. The number of aromatic nitrogens is 2. The second-order valence-electron chi connectivity index (χ2n) is 6.98. The van der Waals surface area contributed by atoms with Crippen molar-refractivity contribution in [3.8, 4) is 0 Å². The Morgan fingerprint density at radius 1 is 1.17 bits per heavy atom. The Morgan fingerprint density at radius 3 is 2.40 bits per heavy atom. The molecular weight excluding hydrogens is 436 g/mol. The molecule has 30 heavy (non-hydrogen) atoms. The maximum Gasteiger partial charge on any atom is 0.412 e. The first-order valence-electron chi connectivity index (χ1n) is 8.68. The molecule has 2 heterocycles. The van der Waals surface area contributed by atoms with Gasteiger partial charge in [-0.15, -0.1) is 0 Å². The van der Waals surface area contributed by atoms with Crippen LogP contribution in [0.25, 0.3) is 5.65 Å². The van der Waals surface area contributed by atoms with E-state index < -0.39 is 56.8 Å². The minimum atomic E-state index is -5.04. The zero-order valence-electron chi connectivity index (χ0n) is 15.7. The molecule has 0 amide bonds. The van der Waals surface area contributed by atoms with Gasteiger partial charge in [0.05, 0.1) is 4.90 Å². The quantitative estimate of drug-likeness (QED) is 0.648. The van der Waals surface area contributed by atoms with Crippen LogP contribution in [0.5, 0.6) is 0 Å². The second kappa shape index (κ2) is 7.41. The summed E-state index contributed by atoms with van der Waals surface area (Å²) in [4.78, 5) is 3.54. The summed E-state index contributed by atoms with van der Waals surface area (Å²) in [6, 6.07) is -0.145. The van der Waals surface area contributed by atoms with Gasteiger partial charge in [-0.3, -0.25) is 0 Å². The third-order valence-corrected chi connectivity index (χ3v) is 6.77. The Hall–Kier alpha value is -2.34. The Labute approximate surface area is 168 Å². The van der Waals surface area contributed by atoms with E-state index in [1.165, 1.54) is 29.8 Å². The van der Waals surface area contributed by atoms with Crippen LogP contribution in [0, 0.1) is 5.92 Å². The predicted molar refractivity (Wildman–Crippen MR) is 96.0 cm³/mol. The van der Waals surface area contributed by atoms with Gasteiger partial charge in [-0.2, -0.15) is 30.6 Å². The number of fused-ring (bicyclic) bond motifs is 1. The van der Waals surface area contributed by atoms with Gasteiger partial charge >= 0.3 is 12.4 Å². The van der Waals surface area contributed by atoms with E-state index in [-0.39, 0.29) is 4.31 Å². The third-order valence-electron chi connectivity index (χ3n) is 4.96. The molecule has 1 unspecified atom stereocenters. The largest absolute Gasteiger partial charge is 0.412 e. The molecule has 0 aromatic carbocycles. The fourth-order valence-corrected chi connectivity index (χ4v) is 4.75. The lowest BCUT2D eigenvalue weighted by molar-refractivity contribution is -0.160. The molecule has 2 atom stereocenters. The molecule has 2 aromatic rings. The number of likely N-dealkylation sites (N-methyl/N-ethyl adjacent to an activating group) is 1. The number of halogens is 6. The number of pyridine rings is 1. The summed E-state index contributed by atoms with van der Waals surface area (Å²) in [5.41, 5.74) is -1.02. The molecule has 12 heteroatoms. The fourth-order valence-electron chi connectivity index (χ4n) is 3.41. The average Bonchev–Trinajstić information content (AvgIpc) is 3.08. The van der Waals surface area contributed by atoms with Gasteiger partial charge in [0.15, 0.2) is 0 Å².